The fourth-order valence-corrected chi connectivity index (χ4v) is 2.22. The Morgan fingerprint density at radius 2 is 1.63 bits per heavy atom. The fourth-order valence-electron chi connectivity index (χ4n) is 2.22. The number of nitrogens with two attached hydrogens (primary N) is 1. The van der Waals surface area contributed by atoms with Crippen LogP contribution in [0.1, 0.15) is 25.5 Å². The number of rotatable bonds is 3. The van der Waals surface area contributed by atoms with Gasteiger partial charge in [-0.2, -0.15) is 0 Å². The van der Waals surface area contributed by atoms with Gasteiger partial charge in [0.15, 0.2) is 0 Å². The van der Waals surface area contributed by atoms with Crippen LogP contribution in [0, 0.1) is 17.7 Å². The van der Waals surface area contributed by atoms with Gasteiger partial charge >= 0.3 is 0 Å². The molecule has 102 valence electrons. The zero-order valence-electron chi connectivity index (χ0n) is 11.0. The highest BCUT2D eigenvalue weighted by Gasteiger charge is 2.42. The molecule has 2 amide bonds. The van der Waals surface area contributed by atoms with Crippen molar-refractivity contribution in [3.8, 4) is 0 Å². The Morgan fingerprint density at radius 1 is 1.16 bits per heavy atom. The van der Waals surface area contributed by atoms with Gasteiger partial charge in [-0.25, -0.2) is 4.39 Å². The van der Waals surface area contributed by atoms with Crippen LogP contribution in [0.15, 0.2) is 24.3 Å². The van der Waals surface area contributed by atoms with E-state index in [4.69, 9.17) is 5.73 Å². The van der Waals surface area contributed by atoms with Crippen molar-refractivity contribution in [1.82, 2.24) is 4.90 Å². The Bertz CT molecular complexity index is 481. The molecule has 1 fully saturated rings. The van der Waals surface area contributed by atoms with Gasteiger partial charge in [-0.05, 0) is 17.7 Å². The Kier molecular flexibility index (Phi) is 3.66. The third kappa shape index (κ3) is 2.51. The van der Waals surface area contributed by atoms with Crippen molar-refractivity contribution in [2.24, 2.45) is 17.6 Å². The van der Waals surface area contributed by atoms with Gasteiger partial charge in [-0.1, -0.05) is 26.0 Å². The smallest absolute Gasteiger partial charge is 0.232 e. The monoisotopic (exact) mass is 264 g/mol. The number of hydrogen-bond acceptors (Lipinski definition) is 3. The number of likely N-dealkylation sites (tertiary alicyclic amines) is 1. The van der Waals surface area contributed by atoms with Crippen molar-refractivity contribution in [2.75, 3.05) is 6.54 Å². The molecule has 1 aromatic rings. The second kappa shape index (κ2) is 5.09. The van der Waals surface area contributed by atoms with E-state index in [9.17, 15) is 14.0 Å². The van der Waals surface area contributed by atoms with E-state index in [0.29, 0.717) is 5.56 Å². The number of hydrogen-bond donors (Lipinski definition) is 1. The summed E-state index contributed by atoms with van der Waals surface area (Å²) >= 11 is 0. The highest BCUT2D eigenvalue weighted by molar-refractivity contribution is 6.04. The molecule has 1 saturated heterocycles. The summed E-state index contributed by atoms with van der Waals surface area (Å²) in [5, 5.41) is 0. The van der Waals surface area contributed by atoms with E-state index in [-0.39, 0.29) is 36.0 Å². The van der Waals surface area contributed by atoms with Gasteiger partial charge in [0.2, 0.25) is 11.8 Å². The molecule has 3 unspecified atom stereocenters. The number of imide groups is 1. The van der Waals surface area contributed by atoms with Gasteiger partial charge in [0.1, 0.15) is 5.82 Å². The van der Waals surface area contributed by atoms with Gasteiger partial charge in [0, 0.05) is 24.4 Å². The highest BCUT2D eigenvalue weighted by atomic mass is 19.1. The van der Waals surface area contributed by atoms with Crippen molar-refractivity contribution in [3.63, 3.8) is 0 Å². The molecule has 0 aromatic heterocycles. The maximum Gasteiger partial charge on any atom is 0.232 e. The number of carbonyl (C=O) groups is 2. The van der Waals surface area contributed by atoms with Crippen molar-refractivity contribution in [1.29, 1.82) is 0 Å². The molecule has 0 saturated carbocycles. The van der Waals surface area contributed by atoms with Crippen molar-refractivity contribution in [3.05, 3.63) is 35.6 Å². The van der Waals surface area contributed by atoms with Crippen LogP contribution in [-0.2, 0) is 9.59 Å². The SMILES string of the molecule is CC1C(=O)N(CC(N)c2ccc(F)cc2)C(=O)C1C. The Labute approximate surface area is 111 Å². The van der Waals surface area contributed by atoms with Gasteiger partial charge in [-0.3, -0.25) is 14.5 Å². The summed E-state index contributed by atoms with van der Waals surface area (Å²) in [4.78, 5) is 25.1. The van der Waals surface area contributed by atoms with E-state index in [1.54, 1.807) is 26.0 Å². The zero-order valence-corrected chi connectivity index (χ0v) is 11.0. The maximum atomic E-state index is 12.8. The summed E-state index contributed by atoms with van der Waals surface area (Å²) < 4.78 is 12.8. The zero-order chi connectivity index (χ0) is 14.2. The average Bonchev–Trinajstić information content (AvgIpc) is 2.57. The first-order chi connectivity index (χ1) is 8.91. The lowest BCUT2D eigenvalue weighted by Crippen LogP contribution is -2.37. The van der Waals surface area contributed by atoms with E-state index in [1.807, 2.05) is 0 Å². The normalized spacial score (nSPS) is 24.9. The van der Waals surface area contributed by atoms with Gasteiger partial charge in [0.25, 0.3) is 0 Å². The van der Waals surface area contributed by atoms with Gasteiger partial charge in [0.05, 0.1) is 0 Å². The van der Waals surface area contributed by atoms with Crippen LogP contribution in [-0.4, -0.2) is 23.3 Å². The maximum absolute atomic E-state index is 12.8. The van der Waals surface area contributed by atoms with E-state index in [0.717, 1.165) is 0 Å². The number of amides is 2. The van der Waals surface area contributed by atoms with Gasteiger partial charge in [-0.15, -0.1) is 0 Å². The Morgan fingerprint density at radius 3 is 2.11 bits per heavy atom. The van der Waals surface area contributed by atoms with Crippen molar-refractivity contribution in [2.45, 2.75) is 19.9 Å². The van der Waals surface area contributed by atoms with E-state index < -0.39 is 6.04 Å². The topological polar surface area (TPSA) is 63.4 Å². The van der Waals surface area contributed by atoms with E-state index in [1.165, 1.54) is 17.0 Å². The first kappa shape index (κ1) is 13.7. The van der Waals surface area contributed by atoms with Crippen LogP contribution >= 0.6 is 0 Å². The fraction of sp³-hybridized carbons (Fsp3) is 0.429. The molecule has 2 rings (SSSR count). The minimum Gasteiger partial charge on any atom is -0.322 e. The first-order valence-electron chi connectivity index (χ1n) is 6.28. The number of carbonyl (C=O) groups excluding carboxylic acids is 2. The molecule has 1 aromatic carbocycles. The van der Waals surface area contributed by atoms with E-state index in [2.05, 4.69) is 0 Å². The predicted molar refractivity (Wildman–Crippen MR) is 68.4 cm³/mol. The molecular formula is C14H17FN2O2. The second-order valence-corrected chi connectivity index (χ2v) is 5.02. The minimum absolute atomic E-state index is 0.137. The summed E-state index contributed by atoms with van der Waals surface area (Å²) in [6.07, 6.45) is 0. The first-order valence-corrected chi connectivity index (χ1v) is 6.28. The molecule has 1 heterocycles. The van der Waals surface area contributed by atoms with Crippen molar-refractivity contribution < 1.29 is 14.0 Å². The molecule has 4 nitrogen and oxygen atoms in total. The Hall–Kier alpha value is -1.75. The van der Waals surface area contributed by atoms with Crippen LogP contribution in [0.3, 0.4) is 0 Å². The molecule has 0 radical (unpaired) electrons. The molecule has 2 N–H and O–H groups in total. The molecule has 0 bridgehead atoms. The number of nitrogens with zero attached hydrogens (tertiary/aromatic N) is 1. The van der Waals surface area contributed by atoms with Crippen molar-refractivity contribution >= 4 is 11.8 Å². The lowest BCUT2D eigenvalue weighted by atomic mass is 10.00. The molecular weight excluding hydrogens is 247 g/mol. The van der Waals surface area contributed by atoms with Crippen LogP contribution in [0.5, 0.6) is 0 Å². The molecule has 0 spiro atoms. The van der Waals surface area contributed by atoms with Crippen LogP contribution in [0.4, 0.5) is 4.39 Å². The third-order valence-corrected chi connectivity index (χ3v) is 3.74. The summed E-state index contributed by atoms with van der Waals surface area (Å²) in [6, 6.07) is 5.27. The molecule has 19 heavy (non-hydrogen) atoms. The van der Waals surface area contributed by atoms with Crippen LogP contribution in [0.2, 0.25) is 0 Å². The molecule has 0 aliphatic carbocycles. The molecule has 1 aliphatic heterocycles. The number of halogens is 1. The summed E-state index contributed by atoms with van der Waals surface area (Å²) in [6.45, 7) is 3.63. The van der Waals surface area contributed by atoms with Gasteiger partial charge < -0.3 is 5.73 Å². The summed E-state index contributed by atoms with van der Waals surface area (Å²) in [7, 11) is 0. The predicted octanol–water partition coefficient (Wildman–Crippen LogP) is 1.47. The average molecular weight is 264 g/mol. The largest absolute Gasteiger partial charge is 0.322 e. The quantitative estimate of drug-likeness (QED) is 0.841. The third-order valence-electron chi connectivity index (χ3n) is 3.74. The molecule has 3 atom stereocenters. The molecule has 1 aliphatic rings. The molecule has 5 heteroatoms. The van der Waals surface area contributed by atoms with Crippen LogP contribution in [0.25, 0.3) is 0 Å². The Balaban J connectivity index is 2.11. The lowest BCUT2D eigenvalue weighted by Gasteiger charge is -2.20. The number of benzene rings is 1. The summed E-state index contributed by atoms with van der Waals surface area (Å²) in [5.41, 5.74) is 6.67. The highest BCUT2D eigenvalue weighted by Crippen LogP contribution is 2.27. The van der Waals surface area contributed by atoms with Crippen LogP contribution < -0.4 is 5.73 Å². The second-order valence-electron chi connectivity index (χ2n) is 5.02. The lowest BCUT2D eigenvalue weighted by molar-refractivity contribution is -0.140. The minimum atomic E-state index is -0.494. The van der Waals surface area contributed by atoms with E-state index >= 15 is 0 Å². The standard InChI is InChI=1S/C14H17FN2O2/c1-8-9(2)14(19)17(13(8)18)7-12(16)10-3-5-11(15)6-4-10/h3-6,8-9,12H,7,16H2,1-2H3. The summed E-state index contributed by atoms with van der Waals surface area (Å²) in [5.74, 6) is -1.31.